The van der Waals surface area contributed by atoms with Crippen LogP contribution in [0.3, 0.4) is 0 Å². The monoisotopic (exact) mass is 330 g/mol. The number of hydrogen-bond donors (Lipinski definition) is 2. The third kappa shape index (κ3) is 4.61. The maximum atomic E-state index is 12.1. The Kier molecular flexibility index (Phi) is 6.04. The molecule has 130 valence electrons. The van der Waals surface area contributed by atoms with E-state index < -0.39 is 0 Å². The van der Waals surface area contributed by atoms with Crippen LogP contribution in [0.5, 0.6) is 11.5 Å². The highest BCUT2D eigenvalue weighted by Gasteiger charge is 2.09. The number of H-pyrrole nitrogens is 1. The molecule has 0 bridgehead atoms. The van der Waals surface area contributed by atoms with Gasteiger partial charge in [-0.25, -0.2) is 0 Å². The lowest BCUT2D eigenvalue weighted by Gasteiger charge is -2.16. The van der Waals surface area contributed by atoms with Crippen molar-refractivity contribution in [3.8, 4) is 11.5 Å². The largest absolute Gasteiger partial charge is 0.497 e. The molecule has 2 N–H and O–H groups in total. The zero-order valence-electron chi connectivity index (χ0n) is 15.0. The van der Waals surface area contributed by atoms with Crippen LogP contribution in [0.4, 0.5) is 0 Å². The summed E-state index contributed by atoms with van der Waals surface area (Å²) < 4.78 is 11.1. The highest BCUT2D eigenvalue weighted by Crippen LogP contribution is 2.25. The first-order valence-electron chi connectivity index (χ1n) is 8.14. The highest BCUT2D eigenvalue weighted by molar-refractivity contribution is 5.41. The summed E-state index contributed by atoms with van der Waals surface area (Å²) in [7, 11) is 1.64. The zero-order valence-corrected chi connectivity index (χ0v) is 15.0. The molecule has 24 heavy (non-hydrogen) atoms. The molecule has 1 aromatic carbocycles. The topological polar surface area (TPSA) is 63.3 Å². The molecule has 0 unspecified atom stereocenters. The van der Waals surface area contributed by atoms with Gasteiger partial charge in [0.05, 0.1) is 13.2 Å². The molecule has 0 amide bonds. The van der Waals surface area contributed by atoms with E-state index in [1.165, 1.54) is 0 Å². The minimum Gasteiger partial charge on any atom is -0.497 e. The number of ether oxygens (including phenoxy) is 2. The fourth-order valence-electron chi connectivity index (χ4n) is 2.59. The Hall–Kier alpha value is -2.27. The molecule has 0 saturated heterocycles. The van der Waals surface area contributed by atoms with Crippen LogP contribution in [0.2, 0.25) is 0 Å². The molecule has 0 radical (unpaired) electrons. The van der Waals surface area contributed by atoms with E-state index in [4.69, 9.17) is 9.47 Å². The molecule has 5 nitrogen and oxygen atoms in total. The van der Waals surface area contributed by atoms with Crippen molar-refractivity contribution in [3.05, 3.63) is 57.0 Å². The number of hydrogen-bond acceptors (Lipinski definition) is 4. The van der Waals surface area contributed by atoms with E-state index in [1.54, 1.807) is 7.11 Å². The Balaban J connectivity index is 2.11. The SMILES string of the molecule is COc1ccc(CNCc2c(C)cc(C)[nH]c2=O)c(OC(C)C)c1. The van der Waals surface area contributed by atoms with Crippen LogP contribution in [0.15, 0.2) is 29.1 Å². The minimum absolute atomic E-state index is 0.0339. The summed E-state index contributed by atoms with van der Waals surface area (Å²) in [5, 5.41) is 3.33. The van der Waals surface area contributed by atoms with Crippen LogP contribution in [-0.4, -0.2) is 18.2 Å². The van der Waals surface area contributed by atoms with E-state index in [0.29, 0.717) is 13.1 Å². The molecule has 0 fully saturated rings. The number of rotatable bonds is 7. The Morgan fingerprint density at radius 2 is 1.92 bits per heavy atom. The quantitative estimate of drug-likeness (QED) is 0.819. The van der Waals surface area contributed by atoms with Gasteiger partial charge in [0.25, 0.3) is 5.56 Å². The molecule has 0 saturated carbocycles. The van der Waals surface area contributed by atoms with Gasteiger partial charge in [0.1, 0.15) is 11.5 Å². The number of methoxy groups -OCH3 is 1. The van der Waals surface area contributed by atoms with Crippen molar-refractivity contribution in [3.63, 3.8) is 0 Å². The van der Waals surface area contributed by atoms with Gasteiger partial charge in [0, 0.05) is 36.0 Å². The van der Waals surface area contributed by atoms with E-state index in [1.807, 2.05) is 52.0 Å². The van der Waals surface area contributed by atoms with Crippen molar-refractivity contribution in [2.24, 2.45) is 0 Å². The van der Waals surface area contributed by atoms with Crippen LogP contribution >= 0.6 is 0 Å². The predicted molar refractivity (Wildman–Crippen MR) is 95.8 cm³/mol. The summed E-state index contributed by atoms with van der Waals surface area (Å²) in [4.78, 5) is 14.9. The van der Waals surface area contributed by atoms with E-state index in [9.17, 15) is 4.79 Å². The average molecular weight is 330 g/mol. The number of pyridine rings is 1. The fraction of sp³-hybridized carbons (Fsp3) is 0.421. The molecule has 2 rings (SSSR count). The standard InChI is InChI=1S/C19H26N2O3/c1-12(2)24-18-9-16(23-5)7-6-15(18)10-20-11-17-13(3)8-14(4)21-19(17)22/h6-9,12,20H,10-11H2,1-5H3,(H,21,22). The summed E-state index contributed by atoms with van der Waals surface area (Å²) in [5.74, 6) is 1.56. The van der Waals surface area contributed by atoms with Crippen molar-refractivity contribution in [2.45, 2.75) is 46.9 Å². The smallest absolute Gasteiger partial charge is 0.252 e. The van der Waals surface area contributed by atoms with Crippen LogP contribution in [0.1, 0.15) is 36.2 Å². The molecule has 0 atom stereocenters. The van der Waals surface area contributed by atoms with Crippen molar-refractivity contribution >= 4 is 0 Å². The van der Waals surface area contributed by atoms with Crippen molar-refractivity contribution in [2.75, 3.05) is 7.11 Å². The minimum atomic E-state index is -0.0339. The molecular formula is C19H26N2O3. The van der Waals surface area contributed by atoms with E-state index in [-0.39, 0.29) is 11.7 Å². The molecule has 0 aliphatic carbocycles. The van der Waals surface area contributed by atoms with E-state index >= 15 is 0 Å². The zero-order chi connectivity index (χ0) is 17.7. The molecule has 1 aromatic heterocycles. The highest BCUT2D eigenvalue weighted by atomic mass is 16.5. The van der Waals surface area contributed by atoms with Crippen molar-refractivity contribution < 1.29 is 9.47 Å². The van der Waals surface area contributed by atoms with Crippen molar-refractivity contribution in [1.82, 2.24) is 10.3 Å². The summed E-state index contributed by atoms with van der Waals surface area (Å²) >= 11 is 0. The maximum Gasteiger partial charge on any atom is 0.252 e. The fourth-order valence-corrected chi connectivity index (χ4v) is 2.59. The average Bonchev–Trinajstić information content (AvgIpc) is 2.50. The summed E-state index contributed by atoms with van der Waals surface area (Å²) in [5.41, 5.74) is 3.64. The number of aryl methyl sites for hydroxylation is 2. The van der Waals surface area contributed by atoms with Crippen molar-refractivity contribution in [1.29, 1.82) is 0 Å². The summed E-state index contributed by atoms with van der Waals surface area (Å²) in [6.45, 7) is 8.95. The van der Waals surface area contributed by atoms with Gasteiger partial charge in [0.2, 0.25) is 0 Å². The van der Waals surface area contributed by atoms with Gasteiger partial charge < -0.3 is 19.8 Å². The van der Waals surface area contributed by atoms with Gasteiger partial charge in [-0.1, -0.05) is 6.07 Å². The second-order valence-corrected chi connectivity index (χ2v) is 6.19. The number of nitrogens with one attached hydrogen (secondary N) is 2. The lowest BCUT2D eigenvalue weighted by Crippen LogP contribution is -2.23. The lowest BCUT2D eigenvalue weighted by atomic mass is 10.1. The Bertz CT molecular complexity index is 751. The van der Waals surface area contributed by atoms with Gasteiger partial charge in [-0.2, -0.15) is 0 Å². The molecule has 2 aromatic rings. The first kappa shape index (κ1) is 18.1. The first-order chi connectivity index (χ1) is 11.4. The molecule has 0 aliphatic rings. The Labute approximate surface area is 143 Å². The van der Waals surface area contributed by atoms with Crippen LogP contribution in [0.25, 0.3) is 0 Å². The maximum absolute atomic E-state index is 12.1. The van der Waals surface area contributed by atoms with Gasteiger partial charge in [-0.15, -0.1) is 0 Å². The van der Waals surface area contributed by atoms with E-state index in [2.05, 4.69) is 10.3 Å². The van der Waals surface area contributed by atoms with Crippen LogP contribution in [0, 0.1) is 13.8 Å². The van der Waals surface area contributed by atoms with Gasteiger partial charge in [0.15, 0.2) is 0 Å². The molecule has 1 heterocycles. The third-order valence-corrected chi connectivity index (χ3v) is 3.75. The van der Waals surface area contributed by atoms with Crippen LogP contribution in [-0.2, 0) is 13.1 Å². The second kappa shape index (κ2) is 8.02. The van der Waals surface area contributed by atoms with Gasteiger partial charge in [-0.05, 0) is 45.4 Å². The second-order valence-electron chi connectivity index (χ2n) is 6.19. The molecule has 5 heteroatoms. The first-order valence-corrected chi connectivity index (χ1v) is 8.14. The Morgan fingerprint density at radius 3 is 2.54 bits per heavy atom. The molecule has 0 spiro atoms. The molecular weight excluding hydrogens is 304 g/mol. The van der Waals surface area contributed by atoms with Crippen LogP contribution < -0.4 is 20.3 Å². The lowest BCUT2D eigenvalue weighted by molar-refractivity contribution is 0.238. The van der Waals surface area contributed by atoms with Gasteiger partial charge in [-0.3, -0.25) is 4.79 Å². The number of aromatic nitrogens is 1. The molecule has 0 aliphatic heterocycles. The summed E-state index contributed by atoms with van der Waals surface area (Å²) in [6, 6.07) is 7.77. The van der Waals surface area contributed by atoms with E-state index in [0.717, 1.165) is 33.9 Å². The summed E-state index contributed by atoms with van der Waals surface area (Å²) in [6.07, 6.45) is 0.0815. The number of aromatic amines is 1. The third-order valence-electron chi connectivity index (χ3n) is 3.75. The normalized spacial score (nSPS) is 10.9. The van der Waals surface area contributed by atoms with Gasteiger partial charge >= 0.3 is 0 Å². The Morgan fingerprint density at radius 1 is 1.17 bits per heavy atom. The number of benzene rings is 1. The predicted octanol–water partition coefficient (Wildman–Crippen LogP) is 3.08.